The topological polar surface area (TPSA) is 55.8 Å². The lowest BCUT2D eigenvalue weighted by Gasteiger charge is -2.05. The number of benzene rings is 2. The van der Waals surface area contributed by atoms with Crippen LogP contribution in [0.5, 0.6) is 17.2 Å². The quantitative estimate of drug-likeness (QED) is 0.679. The Morgan fingerprint density at radius 3 is 2.50 bits per heavy atom. The Balaban J connectivity index is 2.23. The van der Waals surface area contributed by atoms with E-state index in [2.05, 4.69) is 0 Å². The molecule has 2 aromatic rings. The van der Waals surface area contributed by atoms with E-state index < -0.39 is 5.82 Å². The summed E-state index contributed by atoms with van der Waals surface area (Å²) < 4.78 is 23.4. The van der Waals surface area contributed by atoms with Crippen molar-refractivity contribution in [1.29, 1.82) is 0 Å². The van der Waals surface area contributed by atoms with E-state index >= 15 is 0 Å². The van der Waals surface area contributed by atoms with Gasteiger partial charge in [0, 0.05) is 11.1 Å². The smallest absolute Gasteiger partial charge is 0.185 e. The number of carbonyl (C=O) groups excluding carboxylic acids is 1. The molecule has 0 unspecified atom stereocenters. The average Bonchev–Trinajstić information content (AvgIpc) is 2.53. The van der Waals surface area contributed by atoms with Crippen LogP contribution >= 0.6 is 0 Å². The molecule has 0 fully saturated rings. The number of ketones is 1. The SMILES string of the molecule is COc1ccc(C(=O)/C=C/c2cccc(OC)c2O)cc1F. The number of allylic oxidation sites excluding steroid dienone is 1. The Kier molecular flexibility index (Phi) is 4.78. The van der Waals surface area contributed by atoms with Crippen molar-refractivity contribution in [3.8, 4) is 17.2 Å². The maximum atomic E-state index is 13.6. The normalized spacial score (nSPS) is 10.7. The molecule has 0 saturated carbocycles. The fourth-order valence-electron chi connectivity index (χ4n) is 1.92. The first kappa shape index (κ1) is 15.6. The second kappa shape index (κ2) is 6.76. The number of rotatable bonds is 5. The van der Waals surface area contributed by atoms with Gasteiger partial charge in [0.2, 0.25) is 0 Å². The number of aromatic hydroxyl groups is 1. The van der Waals surface area contributed by atoms with E-state index in [0.717, 1.165) is 6.07 Å². The summed E-state index contributed by atoms with van der Waals surface area (Å²) in [6, 6.07) is 8.90. The third kappa shape index (κ3) is 3.25. The maximum Gasteiger partial charge on any atom is 0.185 e. The first-order valence-electron chi connectivity index (χ1n) is 6.48. The lowest BCUT2D eigenvalue weighted by Crippen LogP contribution is -1.97. The van der Waals surface area contributed by atoms with E-state index in [0.29, 0.717) is 11.3 Å². The molecule has 0 aliphatic carbocycles. The van der Waals surface area contributed by atoms with Gasteiger partial charge in [0.1, 0.15) is 0 Å². The maximum absolute atomic E-state index is 13.6. The molecule has 114 valence electrons. The average molecular weight is 302 g/mol. The van der Waals surface area contributed by atoms with Crippen molar-refractivity contribution in [1.82, 2.24) is 0 Å². The van der Waals surface area contributed by atoms with Crippen LogP contribution in [-0.2, 0) is 0 Å². The Hall–Kier alpha value is -2.82. The molecule has 0 atom stereocenters. The van der Waals surface area contributed by atoms with Gasteiger partial charge in [-0.2, -0.15) is 0 Å². The fraction of sp³-hybridized carbons (Fsp3) is 0.118. The molecule has 0 saturated heterocycles. The van der Waals surface area contributed by atoms with Crippen LogP contribution in [0, 0.1) is 5.82 Å². The molecule has 0 radical (unpaired) electrons. The predicted octanol–water partition coefficient (Wildman–Crippen LogP) is 3.44. The van der Waals surface area contributed by atoms with E-state index in [1.54, 1.807) is 18.2 Å². The minimum atomic E-state index is -0.606. The molecule has 0 bridgehead atoms. The van der Waals surface area contributed by atoms with Crippen molar-refractivity contribution in [3.63, 3.8) is 0 Å². The van der Waals surface area contributed by atoms with Crippen molar-refractivity contribution in [2.24, 2.45) is 0 Å². The van der Waals surface area contributed by atoms with E-state index in [-0.39, 0.29) is 22.8 Å². The Labute approximate surface area is 127 Å². The summed E-state index contributed by atoms with van der Waals surface area (Å²) in [6.07, 6.45) is 2.71. The Bertz CT molecular complexity index is 723. The van der Waals surface area contributed by atoms with E-state index in [9.17, 15) is 14.3 Å². The number of ether oxygens (including phenoxy) is 2. The van der Waals surface area contributed by atoms with Crippen LogP contribution in [0.2, 0.25) is 0 Å². The highest BCUT2D eigenvalue weighted by Gasteiger charge is 2.09. The van der Waals surface area contributed by atoms with Crippen molar-refractivity contribution in [3.05, 3.63) is 59.4 Å². The van der Waals surface area contributed by atoms with Crippen LogP contribution in [0.1, 0.15) is 15.9 Å². The van der Waals surface area contributed by atoms with Crippen LogP contribution in [0.4, 0.5) is 4.39 Å². The van der Waals surface area contributed by atoms with Gasteiger partial charge < -0.3 is 14.6 Å². The summed E-state index contributed by atoms with van der Waals surface area (Å²) in [5.41, 5.74) is 0.624. The van der Waals surface area contributed by atoms with Crippen LogP contribution in [-0.4, -0.2) is 25.1 Å². The molecule has 0 aromatic heterocycles. The molecule has 0 amide bonds. The summed E-state index contributed by atoms with van der Waals surface area (Å²) in [5.74, 6) is -0.666. The number of carbonyl (C=O) groups is 1. The number of para-hydroxylation sites is 1. The van der Waals surface area contributed by atoms with Crippen molar-refractivity contribution < 1.29 is 23.8 Å². The van der Waals surface area contributed by atoms with Gasteiger partial charge in [0.05, 0.1) is 14.2 Å². The summed E-state index contributed by atoms with van der Waals surface area (Å²) >= 11 is 0. The zero-order valence-electron chi connectivity index (χ0n) is 12.2. The van der Waals surface area contributed by atoms with Gasteiger partial charge >= 0.3 is 0 Å². The van der Waals surface area contributed by atoms with Crippen molar-refractivity contribution in [2.45, 2.75) is 0 Å². The zero-order valence-corrected chi connectivity index (χ0v) is 12.2. The highest BCUT2D eigenvalue weighted by atomic mass is 19.1. The minimum Gasteiger partial charge on any atom is -0.504 e. The molecule has 0 aliphatic rings. The number of phenols is 1. The lowest BCUT2D eigenvalue weighted by molar-refractivity contribution is 0.104. The van der Waals surface area contributed by atoms with Crippen molar-refractivity contribution in [2.75, 3.05) is 14.2 Å². The fourth-order valence-corrected chi connectivity index (χ4v) is 1.92. The Morgan fingerprint density at radius 2 is 1.86 bits per heavy atom. The summed E-state index contributed by atoms with van der Waals surface area (Å²) in [5, 5.41) is 9.92. The van der Waals surface area contributed by atoms with Gasteiger partial charge in [-0.25, -0.2) is 4.39 Å². The molecule has 0 spiro atoms. The minimum absolute atomic E-state index is 0.0602. The van der Waals surface area contributed by atoms with Crippen LogP contribution in [0.25, 0.3) is 6.08 Å². The van der Waals surface area contributed by atoms with Gasteiger partial charge in [-0.3, -0.25) is 4.79 Å². The molecular formula is C17H15FO4. The molecule has 2 aromatic carbocycles. The van der Waals surface area contributed by atoms with Gasteiger partial charge in [0.15, 0.2) is 28.8 Å². The molecule has 1 N–H and O–H groups in total. The largest absolute Gasteiger partial charge is 0.504 e. The van der Waals surface area contributed by atoms with Crippen molar-refractivity contribution >= 4 is 11.9 Å². The van der Waals surface area contributed by atoms with E-state index in [1.165, 1.54) is 38.5 Å². The van der Waals surface area contributed by atoms with Gasteiger partial charge in [0.25, 0.3) is 0 Å². The van der Waals surface area contributed by atoms with E-state index in [4.69, 9.17) is 9.47 Å². The molecule has 22 heavy (non-hydrogen) atoms. The molecular weight excluding hydrogens is 287 g/mol. The number of halogens is 1. The lowest BCUT2D eigenvalue weighted by atomic mass is 10.1. The van der Waals surface area contributed by atoms with Gasteiger partial charge in [-0.1, -0.05) is 12.1 Å². The second-order valence-corrected chi connectivity index (χ2v) is 4.45. The standard InChI is InChI=1S/C17H15FO4/c1-21-15-9-7-12(10-13(15)18)14(19)8-6-11-4-3-5-16(22-2)17(11)20/h3-10,20H,1-2H3/b8-6+. The number of methoxy groups -OCH3 is 2. The molecule has 5 heteroatoms. The first-order valence-corrected chi connectivity index (χ1v) is 6.48. The predicted molar refractivity (Wildman–Crippen MR) is 81.0 cm³/mol. The molecule has 4 nitrogen and oxygen atoms in total. The van der Waals surface area contributed by atoms with E-state index in [1.807, 2.05) is 0 Å². The third-order valence-corrected chi connectivity index (χ3v) is 3.10. The van der Waals surface area contributed by atoms with Crippen LogP contribution in [0.15, 0.2) is 42.5 Å². The summed E-state index contributed by atoms with van der Waals surface area (Å²) in [7, 11) is 2.79. The first-order chi connectivity index (χ1) is 10.6. The highest BCUT2D eigenvalue weighted by Crippen LogP contribution is 2.30. The Morgan fingerprint density at radius 1 is 1.14 bits per heavy atom. The molecule has 0 aliphatic heterocycles. The summed E-state index contributed by atoms with van der Waals surface area (Å²) in [6.45, 7) is 0. The van der Waals surface area contributed by atoms with Crippen LogP contribution < -0.4 is 9.47 Å². The monoisotopic (exact) mass is 302 g/mol. The number of hydrogen-bond donors (Lipinski definition) is 1. The summed E-state index contributed by atoms with van der Waals surface area (Å²) in [4.78, 5) is 12.0. The van der Waals surface area contributed by atoms with Gasteiger partial charge in [-0.05, 0) is 36.4 Å². The molecule has 0 heterocycles. The van der Waals surface area contributed by atoms with Gasteiger partial charge in [-0.15, -0.1) is 0 Å². The highest BCUT2D eigenvalue weighted by molar-refractivity contribution is 6.07. The van der Waals surface area contributed by atoms with Crippen LogP contribution in [0.3, 0.4) is 0 Å². The number of hydrogen-bond acceptors (Lipinski definition) is 4. The molecule has 2 rings (SSSR count). The second-order valence-electron chi connectivity index (χ2n) is 4.45. The number of phenolic OH excluding ortho intramolecular Hbond substituents is 1. The third-order valence-electron chi connectivity index (χ3n) is 3.10. The zero-order chi connectivity index (χ0) is 16.1.